The molecule has 0 aliphatic carbocycles. The van der Waals surface area contributed by atoms with Gasteiger partial charge in [-0.15, -0.1) is 0 Å². The summed E-state index contributed by atoms with van der Waals surface area (Å²) in [5.74, 6) is -0.668. The third-order valence-electron chi connectivity index (χ3n) is 4.58. The van der Waals surface area contributed by atoms with Crippen molar-refractivity contribution < 1.29 is 33.6 Å². The molecular weight excluding hydrogens is 352 g/mol. The Morgan fingerprint density at radius 1 is 0.926 bits per heavy atom. The number of benzene rings is 2. The highest BCUT2D eigenvalue weighted by Crippen LogP contribution is 2.29. The van der Waals surface area contributed by atoms with Gasteiger partial charge in [-0.1, -0.05) is 0 Å². The average Bonchev–Trinajstić information content (AvgIpc) is 3.28. The van der Waals surface area contributed by atoms with E-state index in [1.165, 1.54) is 48.5 Å². The molecule has 2 aliphatic rings. The van der Waals surface area contributed by atoms with Gasteiger partial charge in [-0.05, 0) is 55.0 Å². The molecule has 0 bridgehead atoms. The molecule has 0 amide bonds. The third kappa shape index (κ3) is 3.79. The van der Waals surface area contributed by atoms with Gasteiger partial charge in [-0.25, -0.2) is 9.59 Å². The van der Waals surface area contributed by atoms with E-state index in [-0.39, 0.29) is 18.0 Å². The van der Waals surface area contributed by atoms with E-state index in [2.05, 4.69) is 0 Å². The Kier molecular flexibility index (Phi) is 4.79. The maximum Gasteiger partial charge on any atom is 0.343 e. The summed E-state index contributed by atoms with van der Waals surface area (Å²) in [6.07, 6.45) is 0.223. The quantitative estimate of drug-likeness (QED) is 0.652. The molecule has 2 aromatic rings. The van der Waals surface area contributed by atoms with Crippen LogP contribution in [0.1, 0.15) is 27.1 Å². The van der Waals surface area contributed by atoms with Crippen molar-refractivity contribution in [3.8, 4) is 11.5 Å². The predicted molar refractivity (Wildman–Crippen MR) is 92.8 cm³/mol. The number of ether oxygens (including phenoxy) is 4. The molecule has 2 aromatic carbocycles. The first-order valence-corrected chi connectivity index (χ1v) is 8.65. The van der Waals surface area contributed by atoms with Crippen LogP contribution in [0.3, 0.4) is 0 Å². The Labute approximate surface area is 155 Å². The number of aromatic hydroxyl groups is 1. The van der Waals surface area contributed by atoms with Crippen LogP contribution >= 0.6 is 0 Å². The molecule has 2 saturated heterocycles. The van der Waals surface area contributed by atoms with Crippen LogP contribution in [-0.2, 0) is 14.2 Å². The first kappa shape index (κ1) is 17.5. The van der Waals surface area contributed by atoms with Gasteiger partial charge >= 0.3 is 11.9 Å². The van der Waals surface area contributed by atoms with Gasteiger partial charge in [-0.3, -0.25) is 0 Å². The van der Waals surface area contributed by atoms with E-state index in [1.54, 1.807) is 0 Å². The van der Waals surface area contributed by atoms with Gasteiger partial charge in [0.25, 0.3) is 0 Å². The van der Waals surface area contributed by atoms with Crippen molar-refractivity contribution in [1.29, 1.82) is 0 Å². The van der Waals surface area contributed by atoms with Gasteiger partial charge in [0.2, 0.25) is 0 Å². The second-order valence-corrected chi connectivity index (χ2v) is 6.40. The number of rotatable bonds is 4. The van der Waals surface area contributed by atoms with Crippen molar-refractivity contribution in [3.05, 3.63) is 59.7 Å². The molecule has 2 aliphatic heterocycles. The zero-order valence-electron chi connectivity index (χ0n) is 14.4. The van der Waals surface area contributed by atoms with Gasteiger partial charge in [0.1, 0.15) is 17.6 Å². The minimum absolute atomic E-state index is 0.00416. The Morgan fingerprint density at radius 3 is 2.33 bits per heavy atom. The lowest BCUT2D eigenvalue weighted by atomic mass is 10.1. The number of phenolic OH excluding ortho intramolecular Hbond substituents is 1. The topological polar surface area (TPSA) is 91.3 Å². The predicted octanol–water partition coefficient (Wildman–Crippen LogP) is 2.32. The Morgan fingerprint density at radius 2 is 1.59 bits per heavy atom. The summed E-state index contributed by atoms with van der Waals surface area (Å²) in [4.78, 5) is 24.4. The second kappa shape index (κ2) is 7.38. The number of carbonyl (C=O) groups is 2. The van der Waals surface area contributed by atoms with E-state index >= 15 is 0 Å². The molecule has 1 N–H and O–H groups in total. The summed E-state index contributed by atoms with van der Waals surface area (Å²) < 4.78 is 21.9. The Balaban J connectivity index is 1.36. The average molecular weight is 370 g/mol. The molecule has 4 rings (SSSR count). The number of carbonyl (C=O) groups excluding carboxylic acids is 2. The fourth-order valence-corrected chi connectivity index (χ4v) is 3.16. The van der Waals surface area contributed by atoms with Crippen molar-refractivity contribution >= 4 is 11.9 Å². The summed E-state index contributed by atoms with van der Waals surface area (Å²) in [5.41, 5.74) is 0.657. The van der Waals surface area contributed by atoms with Crippen LogP contribution in [-0.4, -0.2) is 48.6 Å². The third-order valence-corrected chi connectivity index (χ3v) is 4.58. The number of fused-ring (bicyclic) bond motifs is 1. The van der Waals surface area contributed by atoms with Crippen molar-refractivity contribution in [2.75, 3.05) is 13.2 Å². The first-order chi connectivity index (χ1) is 13.1. The van der Waals surface area contributed by atoms with E-state index < -0.39 is 18.0 Å². The lowest BCUT2D eigenvalue weighted by Crippen LogP contribution is -2.32. The van der Waals surface area contributed by atoms with E-state index in [1.807, 2.05) is 0 Å². The zero-order chi connectivity index (χ0) is 18.8. The van der Waals surface area contributed by atoms with Crippen LogP contribution in [0.2, 0.25) is 0 Å². The monoisotopic (exact) mass is 370 g/mol. The highest BCUT2D eigenvalue weighted by Gasteiger charge is 2.44. The van der Waals surface area contributed by atoms with E-state index in [4.69, 9.17) is 18.9 Å². The minimum Gasteiger partial charge on any atom is -0.508 e. The largest absolute Gasteiger partial charge is 0.508 e. The highest BCUT2D eigenvalue weighted by atomic mass is 16.6. The SMILES string of the molecule is O=C(Oc1ccc(C(=O)O[C@@H]2COC3CCOC32)cc1)c1ccc(O)cc1. The molecule has 2 unspecified atom stereocenters. The summed E-state index contributed by atoms with van der Waals surface area (Å²) in [7, 11) is 0. The molecule has 0 radical (unpaired) electrons. The van der Waals surface area contributed by atoms with E-state index in [0.29, 0.717) is 30.1 Å². The van der Waals surface area contributed by atoms with Crippen molar-refractivity contribution in [2.45, 2.75) is 24.7 Å². The normalized spacial score (nSPS) is 23.6. The van der Waals surface area contributed by atoms with Crippen LogP contribution in [0.5, 0.6) is 11.5 Å². The molecule has 2 heterocycles. The molecule has 140 valence electrons. The molecule has 7 nitrogen and oxygen atoms in total. The molecule has 2 fully saturated rings. The van der Waals surface area contributed by atoms with Gasteiger partial charge in [-0.2, -0.15) is 0 Å². The van der Waals surface area contributed by atoms with Crippen LogP contribution in [0.4, 0.5) is 0 Å². The summed E-state index contributed by atoms with van der Waals surface area (Å²) in [6, 6.07) is 11.8. The number of esters is 2. The highest BCUT2D eigenvalue weighted by molar-refractivity contribution is 5.92. The maximum atomic E-state index is 12.3. The lowest BCUT2D eigenvalue weighted by Gasteiger charge is -2.16. The minimum atomic E-state index is -0.558. The molecule has 0 aromatic heterocycles. The number of hydrogen-bond donors (Lipinski definition) is 1. The van der Waals surface area contributed by atoms with Gasteiger partial charge in [0.05, 0.1) is 23.8 Å². The molecule has 0 spiro atoms. The molecular formula is C20H18O7. The Bertz CT molecular complexity index is 828. The van der Waals surface area contributed by atoms with Crippen molar-refractivity contribution in [2.24, 2.45) is 0 Å². The summed E-state index contributed by atoms with van der Waals surface area (Å²) in [5, 5.41) is 9.25. The van der Waals surface area contributed by atoms with Crippen molar-refractivity contribution in [3.63, 3.8) is 0 Å². The molecule has 3 atom stereocenters. The van der Waals surface area contributed by atoms with E-state index in [9.17, 15) is 14.7 Å². The number of phenols is 1. The molecule has 7 heteroatoms. The maximum absolute atomic E-state index is 12.3. The van der Waals surface area contributed by atoms with Crippen molar-refractivity contribution in [1.82, 2.24) is 0 Å². The molecule has 0 saturated carbocycles. The smallest absolute Gasteiger partial charge is 0.343 e. The number of hydrogen-bond acceptors (Lipinski definition) is 7. The second-order valence-electron chi connectivity index (χ2n) is 6.40. The van der Waals surface area contributed by atoms with E-state index in [0.717, 1.165) is 6.42 Å². The molecule has 27 heavy (non-hydrogen) atoms. The van der Waals surface area contributed by atoms with Gasteiger partial charge in [0.15, 0.2) is 6.10 Å². The lowest BCUT2D eigenvalue weighted by molar-refractivity contribution is -0.0148. The Hall–Kier alpha value is -2.90. The van der Waals surface area contributed by atoms with Crippen LogP contribution in [0.15, 0.2) is 48.5 Å². The standard InChI is InChI=1S/C20H18O7/c21-14-5-1-12(2-6-14)19(22)26-15-7-3-13(4-8-15)20(23)27-17-11-25-16-9-10-24-18(16)17/h1-8,16-18,21H,9-11H2/t16?,17-,18?/m1/s1. The summed E-state index contributed by atoms with van der Waals surface area (Å²) in [6.45, 7) is 0.952. The fourth-order valence-electron chi connectivity index (χ4n) is 3.16. The fraction of sp³-hybridized carbons (Fsp3) is 0.300. The van der Waals surface area contributed by atoms with Crippen LogP contribution in [0.25, 0.3) is 0 Å². The van der Waals surface area contributed by atoms with Crippen LogP contribution < -0.4 is 4.74 Å². The summed E-state index contributed by atoms with van der Waals surface area (Å²) >= 11 is 0. The van der Waals surface area contributed by atoms with Gasteiger partial charge in [0, 0.05) is 6.61 Å². The van der Waals surface area contributed by atoms with Gasteiger partial charge < -0.3 is 24.1 Å². The van der Waals surface area contributed by atoms with Crippen LogP contribution in [0, 0.1) is 0 Å². The zero-order valence-corrected chi connectivity index (χ0v) is 14.4. The first-order valence-electron chi connectivity index (χ1n) is 8.65.